The number of nitrogens with one attached hydrogen (secondary N) is 1. The number of aromatic nitrogens is 2. The van der Waals surface area contributed by atoms with E-state index in [1.54, 1.807) is 18.9 Å². The van der Waals surface area contributed by atoms with Gasteiger partial charge < -0.3 is 19.5 Å². The largest absolute Gasteiger partial charge is 0.493 e. The van der Waals surface area contributed by atoms with Gasteiger partial charge in [-0.15, -0.1) is 0 Å². The molecule has 0 unspecified atom stereocenters. The first-order chi connectivity index (χ1) is 11.5. The summed E-state index contributed by atoms with van der Waals surface area (Å²) in [5.74, 6) is 2.30. The average Bonchev–Trinajstić information content (AvgIpc) is 2.85. The summed E-state index contributed by atoms with van der Waals surface area (Å²) in [5, 5.41) is 7.92. The van der Waals surface area contributed by atoms with Crippen LogP contribution in [0.5, 0.6) is 17.4 Å². The Hall–Kier alpha value is -2.21. The van der Waals surface area contributed by atoms with E-state index in [1.807, 2.05) is 33.0 Å². The van der Waals surface area contributed by atoms with Gasteiger partial charge in [-0.3, -0.25) is 0 Å². The van der Waals surface area contributed by atoms with Crippen molar-refractivity contribution >= 4 is 0 Å². The Balaban J connectivity index is 2.11. The molecule has 0 aliphatic rings. The number of rotatable bonds is 8. The molecule has 0 aliphatic carbocycles. The lowest BCUT2D eigenvalue weighted by Gasteiger charge is -2.17. The first kappa shape index (κ1) is 18.1. The summed E-state index contributed by atoms with van der Waals surface area (Å²) in [5.41, 5.74) is 3.18. The highest BCUT2D eigenvalue weighted by molar-refractivity contribution is 5.43. The Labute approximate surface area is 143 Å². The molecule has 6 heteroatoms. The van der Waals surface area contributed by atoms with E-state index >= 15 is 0 Å². The van der Waals surface area contributed by atoms with E-state index in [0.717, 1.165) is 34.2 Å². The molecule has 0 aliphatic heterocycles. The van der Waals surface area contributed by atoms with Crippen LogP contribution < -0.4 is 19.5 Å². The molecule has 2 rings (SSSR count). The standard InChI is InChI=1S/C18H27N3O3/c1-7-24-16-9-8-14(10-17(16)22-5)12(2)19-11-15-13(3)20-21(4)18(15)23-6/h8-10,12,19H,7,11H2,1-6H3/t12-/m0/s1. The first-order valence-electron chi connectivity index (χ1n) is 8.12. The van der Waals surface area contributed by atoms with Crippen LogP contribution in [0.25, 0.3) is 0 Å². The maximum atomic E-state index is 5.57. The van der Waals surface area contributed by atoms with Crippen molar-refractivity contribution in [3.05, 3.63) is 35.0 Å². The SMILES string of the molecule is CCOc1ccc([C@H](C)NCc2c(C)nn(C)c2OC)cc1OC. The van der Waals surface area contributed by atoms with E-state index in [4.69, 9.17) is 14.2 Å². The molecule has 132 valence electrons. The molecule has 1 heterocycles. The van der Waals surface area contributed by atoms with Crippen molar-refractivity contribution in [2.45, 2.75) is 33.4 Å². The predicted octanol–water partition coefficient (Wildman–Crippen LogP) is 3.00. The highest BCUT2D eigenvalue weighted by Gasteiger charge is 2.16. The molecule has 6 nitrogen and oxygen atoms in total. The van der Waals surface area contributed by atoms with Gasteiger partial charge in [-0.2, -0.15) is 5.10 Å². The third-order valence-electron chi connectivity index (χ3n) is 4.05. The summed E-state index contributed by atoms with van der Waals surface area (Å²) >= 11 is 0. The Morgan fingerprint density at radius 2 is 1.96 bits per heavy atom. The smallest absolute Gasteiger partial charge is 0.216 e. The quantitative estimate of drug-likeness (QED) is 0.805. The van der Waals surface area contributed by atoms with Gasteiger partial charge in [0.15, 0.2) is 11.5 Å². The molecule has 1 N–H and O–H groups in total. The van der Waals surface area contributed by atoms with Gasteiger partial charge in [0.05, 0.1) is 32.1 Å². The molecule has 0 bridgehead atoms. The lowest BCUT2D eigenvalue weighted by atomic mass is 10.1. The van der Waals surface area contributed by atoms with Crippen molar-refractivity contribution in [1.29, 1.82) is 0 Å². The van der Waals surface area contributed by atoms with E-state index in [9.17, 15) is 0 Å². The molecule has 24 heavy (non-hydrogen) atoms. The average molecular weight is 333 g/mol. The van der Waals surface area contributed by atoms with Crippen LogP contribution in [0.1, 0.15) is 36.7 Å². The van der Waals surface area contributed by atoms with Crippen LogP contribution in [0.4, 0.5) is 0 Å². The molecule has 0 saturated heterocycles. The van der Waals surface area contributed by atoms with Crippen molar-refractivity contribution in [2.24, 2.45) is 7.05 Å². The monoisotopic (exact) mass is 333 g/mol. The minimum Gasteiger partial charge on any atom is -0.493 e. The minimum absolute atomic E-state index is 0.152. The number of hydrogen-bond donors (Lipinski definition) is 1. The van der Waals surface area contributed by atoms with Gasteiger partial charge in [0, 0.05) is 19.6 Å². The van der Waals surface area contributed by atoms with Gasteiger partial charge in [0.1, 0.15) is 0 Å². The van der Waals surface area contributed by atoms with Crippen LogP contribution in [0, 0.1) is 6.92 Å². The molecule has 1 atom stereocenters. The normalized spacial score (nSPS) is 12.1. The zero-order chi connectivity index (χ0) is 17.7. The summed E-state index contributed by atoms with van der Waals surface area (Å²) < 4.78 is 18.2. The lowest BCUT2D eigenvalue weighted by Crippen LogP contribution is -2.19. The van der Waals surface area contributed by atoms with Crippen LogP contribution in [-0.2, 0) is 13.6 Å². The predicted molar refractivity (Wildman–Crippen MR) is 93.9 cm³/mol. The van der Waals surface area contributed by atoms with E-state index in [1.165, 1.54) is 0 Å². The van der Waals surface area contributed by atoms with Gasteiger partial charge in [-0.25, -0.2) is 4.68 Å². The summed E-state index contributed by atoms with van der Waals surface area (Å²) in [6.07, 6.45) is 0. The fraction of sp³-hybridized carbons (Fsp3) is 0.500. The second kappa shape index (κ2) is 8.06. The van der Waals surface area contributed by atoms with Gasteiger partial charge in [-0.05, 0) is 38.5 Å². The molecule has 0 spiro atoms. The van der Waals surface area contributed by atoms with Crippen molar-refractivity contribution < 1.29 is 14.2 Å². The lowest BCUT2D eigenvalue weighted by molar-refractivity contribution is 0.310. The van der Waals surface area contributed by atoms with E-state index in [-0.39, 0.29) is 6.04 Å². The second-order valence-corrected chi connectivity index (χ2v) is 5.64. The van der Waals surface area contributed by atoms with E-state index in [2.05, 4.69) is 23.4 Å². The van der Waals surface area contributed by atoms with Crippen LogP contribution in [0.2, 0.25) is 0 Å². The maximum absolute atomic E-state index is 5.57. The Morgan fingerprint density at radius 1 is 1.21 bits per heavy atom. The molecule has 0 saturated carbocycles. The molecule has 1 aromatic heterocycles. The fourth-order valence-electron chi connectivity index (χ4n) is 2.74. The number of benzene rings is 1. The first-order valence-corrected chi connectivity index (χ1v) is 8.12. The highest BCUT2D eigenvalue weighted by atomic mass is 16.5. The Bertz CT molecular complexity index is 682. The van der Waals surface area contributed by atoms with Crippen LogP contribution in [0.3, 0.4) is 0 Å². The number of nitrogens with zero attached hydrogens (tertiary/aromatic N) is 2. The zero-order valence-electron chi connectivity index (χ0n) is 15.3. The number of hydrogen-bond acceptors (Lipinski definition) is 5. The summed E-state index contributed by atoms with van der Waals surface area (Å²) in [6, 6.07) is 6.17. The highest BCUT2D eigenvalue weighted by Crippen LogP contribution is 2.30. The van der Waals surface area contributed by atoms with Crippen LogP contribution in [-0.4, -0.2) is 30.6 Å². The summed E-state index contributed by atoms with van der Waals surface area (Å²) in [7, 11) is 5.21. The van der Waals surface area contributed by atoms with Gasteiger partial charge in [0.25, 0.3) is 0 Å². The van der Waals surface area contributed by atoms with Crippen LogP contribution in [0.15, 0.2) is 18.2 Å². The van der Waals surface area contributed by atoms with Gasteiger partial charge in [-0.1, -0.05) is 6.07 Å². The maximum Gasteiger partial charge on any atom is 0.216 e. The molecule has 1 aromatic carbocycles. The van der Waals surface area contributed by atoms with Crippen LogP contribution >= 0.6 is 0 Å². The van der Waals surface area contributed by atoms with Crippen molar-refractivity contribution in [1.82, 2.24) is 15.1 Å². The number of ether oxygens (including phenoxy) is 3. The Morgan fingerprint density at radius 3 is 2.58 bits per heavy atom. The minimum atomic E-state index is 0.152. The van der Waals surface area contributed by atoms with E-state index < -0.39 is 0 Å². The van der Waals surface area contributed by atoms with Gasteiger partial charge in [0.2, 0.25) is 5.88 Å². The summed E-state index contributed by atoms with van der Waals surface area (Å²) in [6.45, 7) is 7.36. The third kappa shape index (κ3) is 3.82. The fourth-order valence-corrected chi connectivity index (χ4v) is 2.74. The third-order valence-corrected chi connectivity index (χ3v) is 4.05. The topological polar surface area (TPSA) is 57.5 Å². The van der Waals surface area contributed by atoms with Gasteiger partial charge >= 0.3 is 0 Å². The van der Waals surface area contributed by atoms with Crippen molar-refractivity contribution in [3.8, 4) is 17.4 Å². The number of aryl methyl sites for hydroxylation is 2. The number of methoxy groups -OCH3 is 2. The molecular formula is C18H27N3O3. The van der Waals surface area contributed by atoms with Crippen molar-refractivity contribution in [3.63, 3.8) is 0 Å². The molecule has 0 amide bonds. The molecule has 0 fully saturated rings. The summed E-state index contributed by atoms with van der Waals surface area (Å²) in [4.78, 5) is 0. The zero-order valence-corrected chi connectivity index (χ0v) is 15.3. The second-order valence-electron chi connectivity index (χ2n) is 5.64. The molecule has 0 radical (unpaired) electrons. The van der Waals surface area contributed by atoms with E-state index in [0.29, 0.717) is 13.2 Å². The van der Waals surface area contributed by atoms with Crippen molar-refractivity contribution in [2.75, 3.05) is 20.8 Å². The molecular weight excluding hydrogens is 306 g/mol. The molecule has 2 aromatic rings. The Kier molecular flexibility index (Phi) is 6.09.